The molecule has 2 heterocycles. The van der Waals surface area contributed by atoms with Crippen LogP contribution in [-0.2, 0) is 6.54 Å². The first-order chi connectivity index (χ1) is 11.2. The summed E-state index contributed by atoms with van der Waals surface area (Å²) in [6, 6.07) is 10.4. The first kappa shape index (κ1) is 15.5. The normalized spacial score (nSPS) is 17.2. The highest BCUT2D eigenvalue weighted by Crippen LogP contribution is 2.34. The first-order valence-electron chi connectivity index (χ1n) is 7.47. The molecule has 120 valence electrons. The Balaban J connectivity index is 1.67. The monoisotopic (exact) mass is 331 g/mol. The fraction of sp³-hybridized carbons (Fsp3) is 0.312. The molecule has 1 aromatic carbocycles. The van der Waals surface area contributed by atoms with Crippen LogP contribution in [-0.4, -0.2) is 22.4 Å². The molecule has 1 fully saturated rings. The highest BCUT2D eigenvalue weighted by atomic mass is 32.1. The number of thiophene rings is 1. The number of carbonyl (C=O) groups excluding carboxylic acids is 1. The molecule has 1 aliphatic rings. The van der Waals surface area contributed by atoms with E-state index in [1.807, 2.05) is 22.4 Å². The number of carbonyl (C=O) groups is 1. The molecular formula is C16H17N3O3S. The molecule has 0 radical (unpaired) electrons. The van der Waals surface area contributed by atoms with Gasteiger partial charge in [0.25, 0.3) is 5.69 Å². The topological polar surface area (TPSA) is 75.5 Å². The number of nitrogens with one attached hydrogen (secondary N) is 1. The Bertz CT molecular complexity index is 702. The van der Waals surface area contributed by atoms with Crippen molar-refractivity contribution in [2.75, 3.05) is 6.54 Å². The molecule has 2 aromatic rings. The zero-order valence-electron chi connectivity index (χ0n) is 12.5. The number of nitro benzene ring substituents is 1. The van der Waals surface area contributed by atoms with Gasteiger partial charge in [0.2, 0.25) is 0 Å². The lowest BCUT2D eigenvalue weighted by Gasteiger charge is -2.24. The molecule has 1 aliphatic heterocycles. The third-order valence-electron chi connectivity index (χ3n) is 4.00. The summed E-state index contributed by atoms with van der Waals surface area (Å²) in [4.78, 5) is 26.0. The molecule has 2 amide bonds. The van der Waals surface area contributed by atoms with Gasteiger partial charge in [0.1, 0.15) is 0 Å². The van der Waals surface area contributed by atoms with Crippen molar-refractivity contribution >= 4 is 23.1 Å². The molecule has 1 N–H and O–H groups in total. The van der Waals surface area contributed by atoms with Crippen LogP contribution in [0.25, 0.3) is 0 Å². The van der Waals surface area contributed by atoms with Crippen molar-refractivity contribution in [3.05, 3.63) is 62.3 Å². The Hall–Kier alpha value is -2.41. The number of urea groups is 1. The number of hydrogen-bond acceptors (Lipinski definition) is 4. The first-order valence-corrected chi connectivity index (χ1v) is 8.35. The summed E-state index contributed by atoms with van der Waals surface area (Å²) >= 11 is 1.65. The Morgan fingerprint density at radius 2 is 2.17 bits per heavy atom. The summed E-state index contributed by atoms with van der Waals surface area (Å²) in [6.45, 7) is 0.870. The fourth-order valence-corrected chi connectivity index (χ4v) is 3.77. The number of likely N-dealkylation sites (tertiary alicyclic amines) is 1. The molecule has 0 saturated carbocycles. The third kappa shape index (κ3) is 3.34. The number of amides is 2. The lowest BCUT2D eigenvalue weighted by molar-refractivity contribution is -0.385. The van der Waals surface area contributed by atoms with Crippen LogP contribution in [0, 0.1) is 10.1 Å². The van der Waals surface area contributed by atoms with Gasteiger partial charge in [0.15, 0.2) is 0 Å². The molecule has 0 unspecified atom stereocenters. The smallest absolute Gasteiger partial charge is 0.318 e. The maximum absolute atomic E-state index is 12.5. The number of hydrogen-bond donors (Lipinski definition) is 1. The molecule has 0 aliphatic carbocycles. The van der Waals surface area contributed by atoms with E-state index in [4.69, 9.17) is 0 Å². The highest BCUT2D eigenvalue weighted by molar-refractivity contribution is 7.10. The number of rotatable bonds is 4. The molecule has 0 spiro atoms. The SMILES string of the molecule is O=C(NCc1ccccc1[N+](=O)[O-])N1CCC[C@H]1c1cccs1. The molecule has 1 atom stereocenters. The van der Waals surface area contributed by atoms with Gasteiger partial charge in [0.05, 0.1) is 17.5 Å². The van der Waals surface area contributed by atoms with Crippen LogP contribution >= 0.6 is 11.3 Å². The van der Waals surface area contributed by atoms with Crippen molar-refractivity contribution in [2.24, 2.45) is 0 Å². The van der Waals surface area contributed by atoms with Gasteiger partial charge in [-0.15, -0.1) is 11.3 Å². The molecule has 23 heavy (non-hydrogen) atoms. The number of nitro groups is 1. The highest BCUT2D eigenvalue weighted by Gasteiger charge is 2.30. The summed E-state index contributed by atoms with van der Waals surface area (Å²) in [5, 5.41) is 15.8. The summed E-state index contributed by atoms with van der Waals surface area (Å²) in [6.07, 6.45) is 1.93. The molecule has 0 bridgehead atoms. The van der Waals surface area contributed by atoms with Gasteiger partial charge in [-0.3, -0.25) is 10.1 Å². The Kier molecular flexibility index (Phi) is 4.57. The van der Waals surface area contributed by atoms with Crippen molar-refractivity contribution in [2.45, 2.75) is 25.4 Å². The van der Waals surface area contributed by atoms with Gasteiger partial charge in [-0.25, -0.2) is 4.79 Å². The minimum Gasteiger partial charge on any atom is -0.334 e. The van der Waals surface area contributed by atoms with Gasteiger partial charge in [-0.1, -0.05) is 24.3 Å². The fourth-order valence-electron chi connectivity index (χ4n) is 2.90. The predicted molar refractivity (Wildman–Crippen MR) is 88.3 cm³/mol. The minimum absolute atomic E-state index is 0.0315. The third-order valence-corrected chi connectivity index (χ3v) is 4.98. The van der Waals surface area contributed by atoms with E-state index < -0.39 is 4.92 Å². The number of nitrogens with zero attached hydrogens (tertiary/aromatic N) is 2. The number of para-hydroxylation sites is 1. The van der Waals surface area contributed by atoms with E-state index in [2.05, 4.69) is 5.32 Å². The standard InChI is InChI=1S/C16H17N3O3S/c20-16(17-11-12-5-1-2-6-13(12)19(21)22)18-9-3-7-14(18)15-8-4-10-23-15/h1-2,4-6,8,10,14H,3,7,9,11H2,(H,17,20)/t14-/m0/s1. The van der Waals surface area contributed by atoms with Crippen LogP contribution in [0.4, 0.5) is 10.5 Å². The molecular weight excluding hydrogens is 314 g/mol. The summed E-state index contributed by atoms with van der Waals surface area (Å²) in [5.74, 6) is 0. The second-order valence-electron chi connectivity index (χ2n) is 5.41. The van der Waals surface area contributed by atoms with Crippen molar-refractivity contribution < 1.29 is 9.72 Å². The molecule has 1 saturated heterocycles. The van der Waals surface area contributed by atoms with E-state index in [9.17, 15) is 14.9 Å². The average Bonchev–Trinajstić information content (AvgIpc) is 3.23. The van der Waals surface area contributed by atoms with Crippen LogP contribution < -0.4 is 5.32 Å². The maximum Gasteiger partial charge on any atom is 0.318 e. The maximum atomic E-state index is 12.5. The minimum atomic E-state index is -0.425. The molecule has 1 aromatic heterocycles. The Morgan fingerprint density at radius 1 is 1.35 bits per heavy atom. The van der Waals surface area contributed by atoms with Gasteiger partial charge in [0, 0.05) is 23.1 Å². The summed E-state index contributed by atoms with van der Waals surface area (Å²) < 4.78 is 0. The largest absolute Gasteiger partial charge is 0.334 e. The van der Waals surface area contributed by atoms with E-state index >= 15 is 0 Å². The zero-order valence-corrected chi connectivity index (χ0v) is 13.3. The predicted octanol–water partition coefficient (Wildman–Crippen LogP) is 3.70. The van der Waals surface area contributed by atoms with Crippen molar-refractivity contribution in [1.29, 1.82) is 0 Å². The van der Waals surface area contributed by atoms with Gasteiger partial charge in [-0.2, -0.15) is 0 Å². The molecule has 7 heteroatoms. The summed E-state index contributed by atoms with van der Waals surface area (Å²) in [7, 11) is 0. The van der Waals surface area contributed by atoms with E-state index in [1.54, 1.807) is 29.5 Å². The quantitative estimate of drug-likeness (QED) is 0.685. The van der Waals surface area contributed by atoms with Crippen LogP contribution in [0.15, 0.2) is 41.8 Å². The van der Waals surface area contributed by atoms with Crippen molar-refractivity contribution in [3.63, 3.8) is 0 Å². The van der Waals surface area contributed by atoms with Crippen molar-refractivity contribution in [1.82, 2.24) is 10.2 Å². The van der Waals surface area contributed by atoms with Crippen LogP contribution in [0.1, 0.15) is 29.3 Å². The molecule has 6 nitrogen and oxygen atoms in total. The zero-order chi connectivity index (χ0) is 16.2. The van der Waals surface area contributed by atoms with Gasteiger partial charge in [-0.05, 0) is 24.3 Å². The van der Waals surface area contributed by atoms with E-state index in [-0.39, 0.29) is 24.3 Å². The average molecular weight is 331 g/mol. The van der Waals surface area contributed by atoms with E-state index in [1.165, 1.54) is 10.9 Å². The van der Waals surface area contributed by atoms with Crippen LogP contribution in [0.5, 0.6) is 0 Å². The van der Waals surface area contributed by atoms with Crippen LogP contribution in [0.2, 0.25) is 0 Å². The Morgan fingerprint density at radius 3 is 2.91 bits per heavy atom. The number of benzene rings is 1. The van der Waals surface area contributed by atoms with E-state index in [0.717, 1.165) is 12.8 Å². The second kappa shape index (κ2) is 6.78. The Labute approximate surface area is 137 Å². The van der Waals surface area contributed by atoms with Crippen LogP contribution in [0.3, 0.4) is 0 Å². The molecule has 3 rings (SSSR count). The van der Waals surface area contributed by atoms with Crippen molar-refractivity contribution in [3.8, 4) is 0 Å². The lowest BCUT2D eigenvalue weighted by Crippen LogP contribution is -2.39. The summed E-state index contributed by atoms with van der Waals surface area (Å²) in [5.41, 5.74) is 0.543. The second-order valence-corrected chi connectivity index (χ2v) is 6.39. The van der Waals surface area contributed by atoms with E-state index in [0.29, 0.717) is 12.1 Å². The van der Waals surface area contributed by atoms with Gasteiger partial charge >= 0.3 is 6.03 Å². The lowest BCUT2D eigenvalue weighted by atomic mass is 10.2. The van der Waals surface area contributed by atoms with Gasteiger partial charge < -0.3 is 10.2 Å².